The van der Waals surface area contributed by atoms with Crippen LogP contribution in [0.5, 0.6) is 11.5 Å². The Morgan fingerprint density at radius 1 is 0.388 bits per heavy atom. The average Bonchev–Trinajstić information content (AvgIpc) is 3.18. The summed E-state index contributed by atoms with van der Waals surface area (Å²) in [5.74, 6) is 1.45. The van der Waals surface area contributed by atoms with Crippen LogP contribution in [-0.2, 0) is 0 Å². The van der Waals surface area contributed by atoms with Gasteiger partial charge in [-0.25, -0.2) is 9.97 Å². The van der Waals surface area contributed by atoms with E-state index in [1.54, 1.807) is 0 Å². The van der Waals surface area contributed by atoms with Crippen molar-refractivity contribution in [1.82, 2.24) is 9.97 Å². The number of pyridine rings is 2. The van der Waals surface area contributed by atoms with Crippen LogP contribution in [0.4, 0.5) is 0 Å². The Balaban J connectivity index is 1.19. The number of hydrogen-bond acceptors (Lipinski definition) is 3. The van der Waals surface area contributed by atoms with Crippen molar-refractivity contribution in [2.45, 2.75) is 0 Å². The van der Waals surface area contributed by atoms with Crippen molar-refractivity contribution in [3.63, 3.8) is 0 Å². The molecule has 3 heteroatoms. The lowest BCUT2D eigenvalue weighted by atomic mass is 9.96. The number of para-hydroxylation sites is 2. The number of fused-ring (bicyclic) bond motifs is 3. The first-order valence-electron chi connectivity index (χ1n) is 16.5. The van der Waals surface area contributed by atoms with Crippen LogP contribution in [0.3, 0.4) is 0 Å². The van der Waals surface area contributed by atoms with Crippen molar-refractivity contribution in [3.8, 4) is 56.3 Å². The summed E-state index contributed by atoms with van der Waals surface area (Å²) in [4.78, 5) is 10.3. The van der Waals surface area contributed by atoms with Gasteiger partial charge in [0.25, 0.3) is 0 Å². The summed E-state index contributed by atoms with van der Waals surface area (Å²) in [5, 5.41) is 4.52. The first-order valence-corrected chi connectivity index (χ1v) is 16.5. The zero-order chi connectivity index (χ0) is 32.6. The molecule has 7 aromatic carbocycles. The summed E-state index contributed by atoms with van der Waals surface area (Å²) in [5.41, 5.74) is 10.0. The van der Waals surface area contributed by atoms with E-state index in [4.69, 9.17) is 14.7 Å². The third-order valence-corrected chi connectivity index (χ3v) is 9.10. The molecule has 0 bridgehead atoms. The van der Waals surface area contributed by atoms with Crippen LogP contribution in [0.25, 0.3) is 77.3 Å². The van der Waals surface area contributed by atoms with Gasteiger partial charge in [-0.15, -0.1) is 0 Å². The molecular weight excluding hydrogens is 597 g/mol. The van der Waals surface area contributed by atoms with Crippen LogP contribution in [-0.4, -0.2) is 9.97 Å². The fraction of sp³-hybridized carbons (Fsp3) is 0. The molecule has 0 aliphatic carbocycles. The maximum absolute atomic E-state index is 6.94. The molecule has 0 aliphatic rings. The van der Waals surface area contributed by atoms with Crippen LogP contribution < -0.4 is 4.74 Å². The molecule has 0 atom stereocenters. The molecule has 9 aromatic rings. The topological polar surface area (TPSA) is 35.0 Å². The Morgan fingerprint density at radius 3 is 1.73 bits per heavy atom. The van der Waals surface area contributed by atoms with E-state index in [0.29, 0.717) is 0 Å². The van der Waals surface area contributed by atoms with E-state index < -0.39 is 0 Å². The zero-order valence-corrected chi connectivity index (χ0v) is 26.6. The van der Waals surface area contributed by atoms with Gasteiger partial charge in [-0.05, 0) is 76.0 Å². The highest BCUT2D eigenvalue weighted by Gasteiger charge is 2.21. The summed E-state index contributed by atoms with van der Waals surface area (Å²) >= 11 is 0. The van der Waals surface area contributed by atoms with Crippen LogP contribution >= 0.6 is 0 Å². The van der Waals surface area contributed by atoms with Gasteiger partial charge in [0, 0.05) is 27.5 Å². The van der Waals surface area contributed by atoms with E-state index >= 15 is 0 Å². The number of nitrogens with zero attached hydrogens (tertiary/aromatic N) is 2. The van der Waals surface area contributed by atoms with E-state index in [9.17, 15) is 0 Å². The van der Waals surface area contributed by atoms with Crippen LogP contribution in [0.15, 0.2) is 182 Å². The van der Waals surface area contributed by atoms with Gasteiger partial charge < -0.3 is 4.74 Å². The number of benzene rings is 7. The molecule has 0 N–H and O–H groups in total. The largest absolute Gasteiger partial charge is 0.454 e. The third-order valence-electron chi connectivity index (χ3n) is 9.10. The zero-order valence-electron chi connectivity index (χ0n) is 26.6. The SMILES string of the molecule is c1ccc(-c2cc(-c3ccc(Oc4c(-c5ccc6ccccc6c5)nc5ccccc5c4-c4ccccc4)cc3)nc3ccccc23)cc1. The Morgan fingerprint density at radius 2 is 0.980 bits per heavy atom. The van der Waals surface area contributed by atoms with Gasteiger partial charge >= 0.3 is 0 Å². The molecule has 0 unspecified atom stereocenters. The van der Waals surface area contributed by atoms with Crippen molar-refractivity contribution in [1.29, 1.82) is 0 Å². The predicted octanol–water partition coefficient (Wildman–Crippen LogP) is 12.4. The highest BCUT2D eigenvalue weighted by molar-refractivity contribution is 6.02. The molecule has 3 nitrogen and oxygen atoms in total. The van der Waals surface area contributed by atoms with Crippen molar-refractivity contribution in [3.05, 3.63) is 182 Å². The van der Waals surface area contributed by atoms with Crippen LogP contribution in [0, 0.1) is 0 Å². The van der Waals surface area contributed by atoms with Gasteiger partial charge in [-0.1, -0.05) is 133 Å². The number of ether oxygens (including phenoxy) is 1. The second kappa shape index (κ2) is 12.2. The third kappa shape index (κ3) is 5.38. The van der Waals surface area contributed by atoms with E-state index in [1.807, 2.05) is 36.4 Å². The molecule has 2 aromatic heterocycles. The Kier molecular flexibility index (Phi) is 7.14. The van der Waals surface area contributed by atoms with E-state index in [0.717, 1.165) is 77.9 Å². The van der Waals surface area contributed by atoms with Crippen LogP contribution in [0.2, 0.25) is 0 Å². The summed E-state index contributed by atoms with van der Waals surface area (Å²) in [6, 6.07) is 62.9. The van der Waals surface area contributed by atoms with Gasteiger partial charge in [0.1, 0.15) is 11.4 Å². The molecule has 230 valence electrons. The molecule has 0 saturated carbocycles. The molecular formula is C46H30N2O. The van der Waals surface area contributed by atoms with Gasteiger partial charge in [-0.2, -0.15) is 0 Å². The van der Waals surface area contributed by atoms with Gasteiger partial charge in [0.2, 0.25) is 0 Å². The quantitative estimate of drug-likeness (QED) is 0.184. The maximum atomic E-state index is 6.94. The van der Waals surface area contributed by atoms with E-state index in [2.05, 4.69) is 146 Å². The summed E-state index contributed by atoms with van der Waals surface area (Å²) < 4.78 is 6.94. The van der Waals surface area contributed by atoms with E-state index in [-0.39, 0.29) is 0 Å². The average molecular weight is 627 g/mol. The lowest BCUT2D eigenvalue weighted by Crippen LogP contribution is -1.97. The molecule has 9 rings (SSSR count). The van der Waals surface area contributed by atoms with E-state index in [1.165, 1.54) is 10.9 Å². The first-order chi connectivity index (χ1) is 24.3. The Bertz CT molecular complexity index is 2610. The lowest BCUT2D eigenvalue weighted by molar-refractivity contribution is 0.485. The molecule has 2 heterocycles. The summed E-state index contributed by atoms with van der Waals surface area (Å²) in [6.07, 6.45) is 0. The Labute approximate surface area is 284 Å². The molecule has 0 spiro atoms. The van der Waals surface area contributed by atoms with Gasteiger partial charge in [0.05, 0.1) is 16.7 Å². The smallest absolute Gasteiger partial charge is 0.162 e. The van der Waals surface area contributed by atoms with Crippen molar-refractivity contribution in [2.24, 2.45) is 0 Å². The van der Waals surface area contributed by atoms with Crippen molar-refractivity contribution in [2.75, 3.05) is 0 Å². The van der Waals surface area contributed by atoms with Crippen molar-refractivity contribution >= 4 is 32.6 Å². The molecule has 49 heavy (non-hydrogen) atoms. The standard InChI is InChI=1S/C46H30N2O/c1-3-14-32(15-4-1)40-30-43(47-41-21-11-9-19-38(40)41)33-25-27-37(28-26-33)49-46-44(34-16-5-2-6-17-34)39-20-10-12-22-42(39)48-45(46)36-24-23-31-13-7-8-18-35(31)29-36/h1-30H. The van der Waals surface area contributed by atoms with Gasteiger partial charge in [0.15, 0.2) is 5.75 Å². The molecule has 0 radical (unpaired) electrons. The molecule has 0 fully saturated rings. The maximum Gasteiger partial charge on any atom is 0.162 e. The molecule has 0 aliphatic heterocycles. The van der Waals surface area contributed by atoms with Crippen LogP contribution in [0.1, 0.15) is 0 Å². The minimum absolute atomic E-state index is 0.725. The Hall–Kier alpha value is -6.58. The second-order valence-electron chi connectivity index (χ2n) is 12.2. The minimum Gasteiger partial charge on any atom is -0.454 e. The fourth-order valence-electron chi connectivity index (χ4n) is 6.71. The molecule has 0 amide bonds. The highest BCUT2D eigenvalue weighted by atomic mass is 16.5. The predicted molar refractivity (Wildman–Crippen MR) is 203 cm³/mol. The minimum atomic E-state index is 0.725. The number of aromatic nitrogens is 2. The molecule has 0 saturated heterocycles. The lowest BCUT2D eigenvalue weighted by Gasteiger charge is -2.19. The normalized spacial score (nSPS) is 11.3. The number of hydrogen-bond donors (Lipinski definition) is 0. The monoisotopic (exact) mass is 626 g/mol. The second-order valence-corrected chi connectivity index (χ2v) is 12.2. The van der Waals surface area contributed by atoms with Crippen molar-refractivity contribution < 1.29 is 4.74 Å². The summed E-state index contributed by atoms with van der Waals surface area (Å²) in [6.45, 7) is 0. The summed E-state index contributed by atoms with van der Waals surface area (Å²) in [7, 11) is 0. The fourth-order valence-corrected chi connectivity index (χ4v) is 6.71. The van der Waals surface area contributed by atoms with Gasteiger partial charge in [-0.3, -0.25) is 0 Å². The number of rotatable bonds is 6. The first kappa shape index (κ1) is 28.6. The highest BCUT2D eigenvalue weighted by Crippen LogP contribution is 2.45.